The Morgan fingerprint density at radius 3 is 2.69 bits per heavy atom. The van der Waals surface area contributed by atoms with Gasteiger partial charge in [-0.15, -0.1) is 12.4 Å². The fourth-order valence-corrected chi connectivity index (χ4v) is 1.31. The molecule has 2 nitrogen and oxygen atoms in total. The van der Waals surface area contributed by atoms with E-state index < -0.39 is 0 Å². The molecule has 0 aliphatic carbocycles. The lowest BCUT2D eigenvalue weighted by atomic mass is 10.1. The first-order valence-corrected chi connectivity index (χ1v) is 3.85. The molecule has 13 heavy (non-hydrogen) atoms. The summed E-state index contributed by atoms with van der Waals surface area (Å²) in [7, 11) is 0. The van der Waals surface area contributed by atoms with Crippen molar-refractivity contribution >= 4 is 23.2 Å². The summed E-state index contributed by atoms with van der Waals surface area (Å²) in [4.78, 5) is 4.08. The van der Waals surface area contributed by atoms with Gasteiger partial charge in [0.25, 0.3) is 0 Å². The van der Waals surface area contributed by atoms with Crippen molar-refractivity contribution in [3.05, 3.63) is 42.2 Å². The average molecular weight is 196 g/mol. The van der Waals surface area contributed by atoms with E-state index in [2.05, 4.69) is 4.98 Å². The maximum absolute atomic E-state index is 8.97. The Balaban J connectivity index is 0.000000845. The number of fused-ring (bicyclic) bond motifs is 1. The van der Waals surface area contributed by atoms with Crippen molar-refractivity contribution in [1.29, 1.82) is 0 Å². The number of aliphatic hydroxyl groups excluding tert-OH is 1. The highest BCUT2D eigenvalue weighted by atomic mass is 35.5. The molecule has 1 aromatic carbocycles. The number of aromatic nitrogens is 1. The number of aliphatic hydroxyl groups is 1. The zero-order valence-electron chi connectivity index (χ0n) is 6.97. The molecule has 0 fully saturated rings. The molecular weight excluding hydrogens is 186 g/mol. The lowest BCUT2D eigenvalue weighted by molar-refractivity contribution is 0.278. The fraction of sp³-hybridized carbons (Fsp3) is 0.100. The van der Waals surface area contributed by atoms with Gasteiger partial charge in [0.1, 0.15) is 0 Å². The standard InChI is InChI=1S/C10H9NO.ClH/c12-7-10-9-4-2-1-3-8(9)5-6-11-10;/h1-6,12H,7H2;1H. The Bertz CT molecular complexity index is 398. The molecule has 2 aromatic rings. The molecule has 68 valence electrons. The largest absolute Gasteiger partial charge is 0.390 e. The predicted molar refractivity (Wildman–Crippen MR) is 54.9 cm³/mol. The van der Waals surface area contributed by atoms with Crippen molar-refractivity contribution < 1.29 is 5.11 Å². The lowest BCUT2D eigenvalue weighted by Gasteiger charge is -2.00. The van der Waals surface area contributed by atoms with Crippen LogP contribution < -0.4 is 0 Å². The molecule has 1 heterocycles. The quantitative estimate of drug-likeness (QED) is 0.757. The van der Waals surface area contributed by atoms with Crippen LogP contribution >= 0.6 is 12.4 Å². The number of nitrogens with zero attached hydrogens (tertiary/aromatic N) is 1. The molecule has 0 unspecified atom stereocenters. The Hall–Kier alpha value is -1.12. The summed E-state index contributed by atoms with van der Waals surface area (Å²) in [5.41, 5.74) is 0.744. The smallest absolute Gasteiger partial charge is 0.0859 e. The van der Waals surface area contributed by atoms with Gasteiger partial charge in [-0.05, 0) is 11.5 Å². The van der Waals surface area contributed by atoms with Gasteiger partial charge in [-0.3, -0.25) is 4.98 Å². The first-order chi connectivity index (χ1) is 5.92. The fourth-order valence-electron chi connectivity index (χ4n) is 1.31. The molecule has 0 saturated heterocycles. The Kier molecular flexibility index (Phi) is 3.23. The summed E-state index contributed by atoms with van der Waals surface area (Å²) >= 11 is 0. The molecule has 0 saturated carbocycles. The molecule has 0 amide bonds. The van der Waals surface area contributed by atoms with Gasteiger partial charge in [0.15, 0.2) is 0 Å². The van der Waals surface area contributed by atoms with Gasteiger partial charge in [-0.1, -0.05) is 24.3 Å². The summed E-state index contributed by atoms with van der Waals surface area (Å²) in [5.74, 6) is 0. The van der Waals surface area contributed by atoms with E-state index in [9.17, 15) is 0 Å². The monoisotopic (exact) mass is 195 g/mol. The van der Waals surface area contributed by atoms with Gasteiger partial charge in [-0.2, -0.15) is 0 Å². The first kappa shape index (κ1) is 9.96. The minimum Gasteiger partial charge on any atom is -0.390 e. The Morgan fingerprint density at radius 1 is 1.15 bits per heavy atom. The summed E-state index contributed by atoms with van der Waals surface area (Å²) in [6.45, 7) is 0.00134. The highest BCUT2D eigenvalue weighted by molar-refractivity contribution is 5.85. The number of hydrogen-bond donors (Lipinski definition) is 1. The Morgan fingerprint density at radius 2 is 1.92 bits per heavy atom. The minimum absolute atomic E-state index is 0. The van der Waals surface area contributed by atoms with Crippen molar-refractivity contribution in [3.63, 3.8) is 0 Å². The van der Waals surface area contributed by atoms with Crippen LogP contribution in [0.15, 0.2) is 36.5 Å². The number of halogens is 1. The molecule has 0 atom stereocenters. The van der Waals surface area contributed by atoms with Crippen LogP contribution in [0.4, 0.5) is 0 Å². The van der Waals surface area contributed by atoms with Crippen LogP contribution in [-0.4, -0.2) is 10.1 Å². The van der Waals surface area contributed by atoms with Crippen LogP contribution in [0.25, 0.3) is 10.8 Å². The van der Waals surface area contributed by atoms with Gasteiger partial charge < -0.3 is 5.11 Å². The molecule has 0 radical (unpaired) electrons. The van der Waals surface area contributed by atoms with E-state index in [0.717, 1.165) is 16.5 Å². The maximum Gasteiger partial charge on any atom is 0.0859 e. The number of hydrogen-bond acceptors (Lipinski definition) is 2. The van der Waals surface area contributed by atoms with E-state index in [4.69, 9.17) is 5.11 Å². The van der Waals surface area contributed by atoms with Crippen LogP contribution in [0.5, 0.6) is 0 Å². The number of rotatable bonds is 1. The highest BCUT2D eigenvalue weighted by Crippen LogP contribution is 2.15. The molecule has 0 aliphatic heterocycles. The third-order valence-corrected chi connectivity index (χ3v) is 1.91. The second kappa shape index (κ2) is 4.21. The molecule has 1 aromatic heterocycles. The van der Waals surface area contributed by atoms with E-state index in [1.165, 1.54) is 0 Å². The van der Waals surface area contributed by atoms with E-state index >= 15 is 0 Å². The van der Waals surface area contributed by atoms with Gasteiger partial charge >= 0.3 is 0 Å². The third-order valence-electron chi connectivity index (χ3n) is 1.91. The Labute approximate surface area is 82.6 Å². The predicted octanol–water partition coefficient (Wildman–Crippen LogP) is 2.15. The SMILES string of the molecule is Cl.OCc1nccc2ccccc12. The second-order valence-corrected chi connectivity index (χ2v) is 2.64. The number of pyridine rings is 1. The van der Waals surface area contributed by atoms with E-state index in [-0.39, 0.29) is 19.0 Å². The molecule has 0 bridgehead atoms. The topological polar surface area (TPSA) is 33.1 Å². The van der Waals surface area contributed by atoms with Gasteiger partial charge in [0, 0.05) is 11.6 Å². The van der Waals surface area contributed by atoms with Gasteiger partial charge in [-0.25, -0.2) is 0 Å². The summed E-state index contributed by atoms with van der Waals surface area (Å²) < 4.78 is 0. The van der Waals surface area contributed by atoms with E-state index in [1.54, 1.807) is 6.20 Å². The minimum atomic E-state index is 0. The van der Waals surface area contributed by atoms with Crippen LogP contribution in [-0.2, 0) is 6.61 Å². The molecule has 2 rings (SSSR count). The molecular formula is C10H10ClNO. The highest BCUT2D eigenvalue weighted by Gasteiger charge is 1.97. The zero-order chi connectivity index (χ0) is 8.39. The van der Waals surface area contributed by atoms with Gasteiger partial charge in [0.05, 0.1) is 12.3 Å². The van der Waals surface area contributed by atoms with Crippen molar-refractivity contribution in [2.45, 2.75) is 6.61 Å². The van der Waals surface area contributed by atoms with E-state index in [0.29, 0.717) is 0 Å². The van der Waals surface area contributed by atoms with Crippen molar-refractivity contribution in [2.24, 2.45) is 0 Å². The van der Waals surface area contributed by atoms with Crippen LogP contribution in [0.2, 0.25) is 0 Å². The lowest BCUT2D eigenvalue weighted by Crippen LogP contribution is -1.89. The summed E-state index contributed by atoms with van der Waals surface area (Å²) in [5, 5.41) is 11.1. The normalized spacial score (nSPS) is 9.62. The number of benzene rings is 1. The second-order valence-electron chi connectivity index (χ2n) is 2.64. The maximum atomic E-state index is 8.97. The van der Waals surface area contributed by atoms with Crippen LogP contribution in [0, 0.1) is 0 Å². The molecule has 0 aliphatic rings. The summed E-state index contributed by atoms with van der Waals surface area (Å²) in [6.07, 6.45) is 1.72. The molecule has 3 heteroatoms. The van der Waals surface area contributed by atoms with Crippen LogP contribution in [0.3, 0.4) is 0 Å². The van der Waals surface area contributed by atoms with Crippen molar-refractivity contribution in [3.8, 4) is 0 Å². The average Bonchev–Trinajstić information content (AvgIpc) is 2.17. The third kappa shape index (κ3) is 1.79. The van der Waals surface area contributed by atoms with Crippen molar-refractivity contribution in [1.82, 2.24) is 4.98 Å². The zero-order valence-corrected chi connectivity index (χ0v) is 7.79. The van der Waals surface area contributed by atoms with Gasteiger partial charge in [0.2, 0.25) is 0 Å². The molecule has 0 spiro atoms. The summed E-state index contributed by atoms with van der Waals surface area (Å²) in [6, 6.07) is 9.84. The first-order valence-electron chi connectivity index (χ1n) is 3.85. The van der Waals surface area contributed by atoms with E-state index in [1.807, 2.05) is 30.3 Å². The molecule has 1 N–H and O–H groups in total. The van der Waals surface area contributed by atoms with Crippen molar-refractivity contribution in [2.75, 3.05) is 0 Å². The van der Waals surface area contributed by atoms with Crippen LogP contribution in [0.1, 0.15) is 5.69 Å².